The van der Waals surface area contributed by atoms with Crippen LogP contribution in [-0.2, 0) is 11.0 Å². The molecule has 1 heterocycles. The molecular weight excluding hydrogens is 349 g/mol. The summed E-state index contributed by atoms with van der Waals surface area (Å²) in [6, 6.07) is -0.0368. The number of halogens is 3. The van der Waals surface area contributed by atoms with Crippen LogP contribution in [0.5, 0.6) is 0 Å². The number of hydrogen-bond donors (Lipinski definition) is 3. The normalized spacial score (nSPS) is 24.3. The highest BCUT2D eigenvalue weighted by atomic mass is 19.4. The van der Waals surface area contributed by atoms with Crippen LogP contribution in [-0.4, -0.2) is 34.4 Å². The molecule has 1 aromatic rings. The molecule has 0 bridgehead atoms. The van der Waals surface area contributed by atoms with E-state index in [-0.39, 0.29) is 29.8 Å². The molecule has 2 saturated carbocycles. The topological polar surface area (TPSA) is 86.9 Å². The van der Waals surface area contributed by atoms with Gasteiger partial charge >= 0.3 is 6.18 Å². The largest absolute Gasteiger partial charge is 0.433 e. The lowest BCUT2D eigenvalue weighted by Crippen LogP contribution is -2.52. The summed E-state index contributed by atoms with van der Waals surface area (Å²) in [6.45, 7) is 2.00. The number of H-pyrrole nitrogens is 1. The highest BCUT2D eigenvalue weighted by Gasteiger charge is 2.52. The summed E-state index contributed by atoms with van der Waals surface area (Å²) in [6.07, 6.45) is 1.60. The molecule has 3 N–H and O–H groups in total. The summed E-state index contributed by atoms with van der Waals surface area (Å²) in [5, 5.41) is 5.65. The quantitative estimate of drug-likeness (QED) is 0.743. The van der Waals surface area contributed by atoms with Crippen LogP contribution in [0.25, 0.3) is 0 Å². The minimum Gasteiger partial charge on any atom is -0.352 e. The summed E-state index contributed by atoms with van der Waals surface area (Å²) < 4.78 is 38.7. The molecule has 2 aliphatic rings. The number of nitrogens with zero attached hydrogens (tertiary/aromatic N) is 1. The van der Waals surface area contributed by atoms with E-state index in [0.717, 1.165) is 38.4 Å². The Kier molecular flexibility index (Phi) is 4.98. The lowest BCUT2D eigenvalue weighted by molar-refractivity contribution is -0.141. The zero-order valence-electron chi connectivity index (χ0n) is 14.6. The Morgan fingerprint density at radius 2 is 2.08 bits per heavy atom. The first kappa shape index (κ1) is 18.7. The average molecular weight is 372 g/mol. The summed E-state index contributed by atoms with van der Waals surface area (Å²) in [5.41, 5.74) is -1.71. The van der Waals surface area contributed by atoms with Crippen LogP contribution in [0, 0.1) is 11.3 Å². The van der Waals surface area contributed by atoms with Crippen LogP contribution in [0.4, 0.5) is 13.2 Å². The average Bonchev–Trinajstić information content (AvgIpc) is 3.16. The van der Waals surface area contributed by atoms with Crippen LogP contribution in [0.1, 0.15) is 61.6 Å². The lowest BCUT2D eigenvalue weighted by atomic mass is 9.64. The zero-order valence-corrected chi connectivity index (χ0v) is 14.6. The van der Waals surface area contributed by atoms with Gasteiger partial charge in [-0.1, -0.05) is 13.3 Å². The first-order chi connectivity index (χ1) is 12.3. The first-order valence-corrected chi connectivity index (χ1v) is 8.95. The second-order valence-corrected chi connectivity index (χ2v) is 7.25. The fourth-order valence-corrected chi connectivity index (χ4v) is 4.24. The number of hydrogen-bond acceptors (Lipinski definition) is 3. The molecule has 0 aromatic carbocycles. The van der Waals surface area contributed by atoms with E-state index in [1.165, 1.54) is 0 Å². The minimum absolute atomic E-state index is 0.0167. The highest BCUT2D eigenvalue weighted by molar-refractivity contribution is 5.93. The summed E-state index contributed by atoms with van der Waals surface area (Å²) in [5.74, 6) is -0.872. The maximum atomic E-state index is 12.9. The van der Waals surface area contributed by atoms with E-state index in [0.29, 0.717) is 6.42 Å². The maximum absolute atomic E-state index is 12.9. The maximum Gasteiger partial charge on any atom is 0.433 e. The van der Waals surface area contributed by atoms with Gasteiger partial charge in [-0.2, -0.15) is 13.2 Å². The van der Waals surface area contributed by atoms with Crippen molar-refractivity contribution < 1.29 is 22.8 Å². The van der Waals surface area contributed by atoms with Gasteiger partial charge in [-0.3, -0.25) is 9.59 Å². The number of aromatic nitrogens is 2. The SMILES string of the molecule is CCC(=O)NC1C(CNC(=O)c2nc[nH]c2C(F)(F)F)CCC12CCC2. The number of aromatic amines is 1. The number of rotatable bonds is 5. The molecule has 2 unspecified atom stereocenters. The molecule has 2 atom stereocenters. The minimum atomic E-state index is -4.66. The predicted molar refractivity (Wildman–Crippen MR) is 87.2 cm³/mol. The Bertz CT molecular complexity index is 682. The molecule has 1 spiro atoms. The van der Waals surface area contributed by atoms with Gasteiger partial charge in [-0.05, 0) is 37.0 Å². The van der Waals surface area contributed by atoms with Crippen LogP contribution >= 0.6 is 0 Å². The highest BCUT2D eigenvalue weighted by Crippen LogP contribution is 2.55. The van der Waals surface area contributed by atoms with Gasteiger partial charge in [0.1, 0.15) is 0 Å². The van der Waals surface area contributed by atoms with Crippen molar-refractivity contribution in [3.63, 3.8) is 0 Å². The molecule has 3 rings (SSSR count). The molecule has 26 heavy (non-hydrogen) atoms. The Morgan fingerprint density at radius 3 is 2.65 bits per heavy atom. The molecule has 0 aliphatic heterocycles. The summed E-state index contributed by atoms with van der Waals surface area (Å²) >= 11 is 0. The van der Waals surface area contributed by atoms with Crippen molar-refractivity contribution in [1.29, 1.82) is 0 Å². The smallest absolute Gasteiger partial charge is 0.352 e. The predicted octanol–water partition coefficient (Wildman–Crippen LogP) is 2.63. The Morgan fingerprint density at radius 1 is 1.35 bits per heavy atom. The number of carbonyl (C=O) groups excluding carboxylic acids is 2. The number of imidazole rings is 1. The van der Waals surface area contributed by atoms with Gasteiger partial charge in [0.05, 0.1) is 6.33 Å². The van der Waals surface area contributed by atoms with E-state index in [9.17, 15) is 22.8 Å². The van der Waals surface area contributed by atoms with Gasteiger partial charge in [0, 0.05) is 19.0 Å². The lowest BCUT2D eigenvalue weighted by Gasteiger charge is -2.45. The number of nitrogens with one attached hydrogen (secondary N) is 3. The van der Waals surface area contributed by atoms with Gasteiger partial charge < -0.3 is 15.6 Å². The summed E-state index contributed by atoms with van der Waals surface area (Å²) in [7, 11) is 0. The van der Waals surface area contributed by atoms with E-state index in [1.807, 2.05) is 4.98 Å². The van der Waals surface area contributed by atoms with Crippen LogP contribution in [0.15, 0.2) is 6.33 Å². The molecule has 2 aliphatic carbocycles. The number of alkyl halides is 3. The molecule has 0 radical (unpaired) electrons. The van der Waals surface area contributed by atoms with Gasteiger partial charge in [0.25, 0.3) is 5.91 Å². The first-order valence-electron chi connectivity index (χ1n) is 8.95. The fraction of sp³-hybridized carbons (Fsp3) is 0.706. The third kappa shape index (κ3) is 3.43. The molecule has 9 heteroatoms. The van der Waals surface area contributed by atoms with Crippen LogP contribution < -0.4 is 10.6 Å². The van der Waals surface area contributed by atoms with E-state index >= 15 is 0 Å². The third-order valence-electron chi connectivity index (χ3n) is 5.79. The molecule has 1 aromatic heterocycles. The number of amides is 2. The Labute approximate surface area is 149 Å². The molecule has 0 saturated heterocycles. The van der Waals surface area contributed by atoms with E-state index in [1.54, 1.807) is 6.92 Å². The van der Waals surface area contributed by atoms with Crippen molar-refractivity contribution in [2.75, 3.05) is 6.54 Å². The van der Waals surface area contributed by atoms with Gasteiger partial charge in [-0.15, -0.1) is 0 Å². The summed E-state index contributed by atoms with van der Waals surface area (Å²) in [4.78, 5) is 29.5. The van der Waals surface area contributed by atoms with Crippen molar-refractivity contribution in [3.8, 4) is 0 Å². The van der Waals surface area contributed by atoms with E-state index in [2.05, 4.69) is 15.6 Å². The van der Waals surface area contributed by atoms with Crippen LogP contribution in [0.3, 0.4) is 0 Å². The van der Waals surface area contributed by atoms with E-state index in [4.69, 9.17) is 0 Å². The third-order valence-corrected chi connectivity index (χ3v) is 5.79. The van der Waals surface area contributed by atoms with Gasteiger partial charge in [-0.25, -0.2) is 4.98 Å². The molecule has 144 valence electrons. The molecule has 2 amide bonds. The Hall–Kier alpha value is -2.06. The molecule has 2 fully saturated rings. The second kappa shape index (κ2) is 6.92. The van der Waals surface area contributed by atoms with Crippen molar-refractivity contribution in [2.24, 2.45) is 11.3 Å². The van der Waals surface area contributed by atoms with Crippen molar-refractivity contribution in [2.45, 2.75) is 57.7 Å². The van der Waals surface area contributed by atoms with Gasteiger partial charge in [0.15, 0.2) is 11.4 Å². The van der Waals surface area contributed by atoms with Crippen molar-refractivity contribution >= 4 is 11.8 Å². The zero-order chi connectivity index (χ0) is 18.9. The van der Waals surface area contributed by atoms with Crippen LogP contribution in [0.2, 0.25) is 0 Å². The Balaban J connectivity index is 1.66. The molecular formula is C17H23F3N4O2. The second-order valence-electron chi connectivity index (χ2n) is 7.25. The van der Waals surface area contributed by atoms with E-state index < -0.39 is 23.5 Å². The van der Waals surface area contributed by atoms with Gasteiger partial charge in [0.2, 0.25) is 5.91 Å². The van der Waals surface area contributed by atoms with Crippen molar-refractivity contribution in [1.82, 2.24) is 20.6 Å². The molecule has 6 nitrogen and oxygen atoms in total. The fourth-order valence-electron chi connectivity index (χ4n) is 4.24. The monoisotopic (exact) mass is 372 g/mol. The van der Waals surface area contributed by atoms with Crippen molar-refractivity contribution in [3.05, 3.63) is 17.7 Å². The number of carbonyl (C=O) groups is 2. The standard InChI is InChI=1S/C17H23F3N4O2/c1-2-11(25)24-13-10(4-7-16(13)5-3-6-16)8-21-15(26)12-14(17(18,19)20)23-9-22-12/h9-10,13H,2-8H2,1H3,(H,21,26)(H,22,23)(H,24,25).